The number of esters is 1. The minimum absolute atomic E-state index is 0.0978. The molecular weight excluding hydrogens is 589 g/mol. The lowest BCUT2D eigenvalue weighted by molar-refractivity contribution is -0.0593. The molecule has 12 heteroatoms. The van der Waals surface area contributed by atoms with Crippen LogP contribution in [0.25, 0.3) is 11.2 Å². The van der Waals surface area contributed by atoms with Gasteiger partial charge in [0.05, 0.1) is 32.0 Å². The summed E-state index contributed by atoms with van der Waals surface area (Å²) in [5.74, 6) is 1.25. The number of carbonyl (C=O) groups excluding carboxylic acids is 1. The van der Waals surface area contributed by atoms with Crippen LogP contribution in [0.15, 0.2) is 48.5 Å². The molecule has 0 radical (unpaired) electrons. The molecule has 1 unspecified atom stereocenters. The van der Waals surface area contributed by atoms with Crippen LogP contribution in [-0.2, 0) is 22.6 Å². The summed E-state index contributed by atoms with van der Waals surface area (Å²) >= 11 is 5.97. The van der Waals surface area contributed by atoms with Gasteiger partial charge in [0.25, 0.3) is 0 Å². The van der Waals surface area contributed by atoms with Crippen molar-refractivity contribution in [2.45, 2.75) is 44.7 Å². The number of hydrogen-bond acceptors (Lipinski definition) is 9. The minimum atomic E-state index is -0.583. The predicted molar refractivity (Wildman–Crippen MR) is 162 cm³/mol. The zero-order valence-corrected chi connectivity index (χ0v) is 25.3. The molecule has 2 fully saturated rings. The monoisotopic (exact) mass is 621 g/mol. The summed E-state index contributed by atoms with van der Waals surface area (Å²) in [6.45, 7) is 6.68. The van der Waals surface area contributed by atoms with Gasteiger partial charge in [-0.15, -0.1) is 0 Å². The first kappa shape index (κ1) is 28.8. The Kier molecular flexibility index (Phi) is 7.77. The van der Waals surface area contributed by atoms with Crippen LogP contribution in [0.2, 0.25) is 5.02 Å². The maximum absolute atomic E-state index is 14.7. The Morgan fingerprint density at radius 1 is 1.16 bits per heavy atom. The highest BCUT2D eigenvalue weighted by Crippen LogP contribution is 2.44. The molecule has 0 amide bonds. The molecule has 2 saturated heterocycles. The number of halogens is 2. The molecule has 10 nitrogen and oxygen atoms in total. The van der Waals surface area contributed by atoms with E-state index in [1.54, 1.807) is 18.2 Å². The molecule has 0 bridgehead atoms. The third-order valence-electron chi connectivity index (χ3n) is 8.61. The number of nitrogens with zero attached hydrogens (tertiary/aromatic N) is 5. The van der Waals surface area contributed by atoms with E-state index in [-0.39, 0.29) is 24.4 Å². The molecule has 4 aromatic rings. The normalized spacial score (nSPS) is 21.7. The summed E-state index contributed by atoms with van der Waals surface area (Å²) in [7, 11) is 1.35. The van der Waals surface area contributed by atoms with E-state index in [4.69, 9.17) is 35.5 Å². The molecule has 2 aromatic heterocycles. The van der Waals surface area contributed by atoms with Gasteiger partial charge in [-0.3, -0.25) is 4.90 Å². The van der Waals surface area contributed by atoms with Crippen molar-refractivity contribution in [3.8, 4) is 11.5 Å². The Hall–Kier alpha value is -3.93. The number of rotatable bonds is 7. The quantitative estimate of drug-likeness (QED) is 0.264. The molecule has 230 valence electrons. The van der Waals surface area contributed by atoms with Gasteiger partial charge in [0.2, 0.25) is 0 Å². The van der Waals surface area contributed by atoms with Gasteiger partial charge in [0.1, 0.15) is 23.8 Å². The molecule has 44 heavy (non-hydrogen) atoms. The van der Waals surface area contributed by atoms with E-state index < -0.39 is 17.9 Å². The van der Waals surface area contributed by atoms with Crippen LogP contribution in [0, 0.1) is 5.82 Å². The Morgan fingerprint density at radius 3 is 2.77 bits per heavy atom. The van der Waals surface area contributed by atoms with Gasteiger partial charge in [0, 0.05) is 42.9 Å². The summed E-state index contributed by atoms with van der Waals surface area (Å²) in [6, 6.07) is 14.1. The highest BCUT2D eigenvalue weighted by atomic mass is 35.5. The average Bonchev–Trinajstić information content (AvgIpc) is 3.34. The molecule has 3 aliphatic heterocycles. The zero-order valence-electron chi connectivity index (χ0n) is 24.5. The zero-order chi connectivity index (χ0) is 30.4. The Balaban J connectivity index is 1.10. The summed E-state index contributed by atoms with van der Waals surface area (Å²) in [5, 5.41) is 0.338. The minimum Gasteiger partial charge on any atom is -0.485 e. The number of imidazole rings is 1. The van der Waals surface area contributed by atoms with Gasteiger partial charge < -0.3 is 28.4 Å². The number of hydrogen-bond donors (Lipinski definition) is 0. The van der Waals surface area contributed by atoms with Crippen LogP contribution < -0.4 is 14.4 Å². The van der Waals surface area contributed by atoms with Gasteiger partial charge in [-0.2, -0.15) is 0 Å². The lowest BCUT2D eigenvalue weighted by atomic mass is 10.1. The second-order valence-electron chi connectivity index (χ2n) is 11.4. The van der Waals surface area contributed by atoms with E-state index in [0.717, 1.165) is 49.7 Å². The summed E-state index contributed by atoms with van der Waals surface area (Å²) in [4.78, 5) is 26.4. The van der Waals surface area contributed by atoms with Crippen molar-refractivity contribution in [2.24, 2.45) is 0 Å². The second kappa shape index (κ2) is 11.9. The van der Waals surface area contributed by atoms with E-state index in [1.807, 2.05) is 24.3 Å². The highest BCUT2D eigenvalue weighted by Gasteiger charge is 2.32. The summed E-state index contributed by atoms with van der Waals surface area (Å²) in [5.41, 5.74) is 2.98. The molecule has 0 spiro atoms. The molecule has 0 aliphatic carbocycles. The van der Waals surface area contributed by atoms with Gasteiger partial charge in [-0.25, -0.2) is 19.2 Å². The van der Waals surface area contributed by atoms with Crippen molar-refractivity contribution in [3.63, 3.8) is 0 Å². The number of anilines is 1. The fraction of sp³-hybridized carbons (Fsp3) is 0.406. The van der Waals surface area contributed by atoms with Crippen LogP contribution >= 0.6 is 11.6 Å². The van der Waals surface area contributed by atoms with Gasteiger partial charge >= 0.3 is 5.97 Å². The van der Waals surface area contributed by atoms with Crippen molar-refractivity contribution >= 4 is 34.4 Å². The first-order valence-corrected chi connectivity index (χ1v) is 15.2. The number of methoxy groups -OCH3 is 1. The maximum atomic E-state index is 14.7. The predicted octanol–water partition coefficient (Wildman–Crippen LogP) is 5.02. The van der Waals surface area contributed by atoms with Crippen molar-refractivity contribution in [1.82, 2.24) is 19.4 Å². The molecule has 0 saturated carbocycles. The Bertz CT molecular complexity index is 1710. The smallest absolute Gasteiger partial charge is 0.356 e. The number of benzene rings is 2. The first-order valence-electron chi connectivity index (χ1n) is 14.8. The van der Waals surface area contributed by atoms with Gasteiger partial charge in [-0.1, -0.05) is 23.7 Å². The van der Waals surface area contributed by atoms with E-state index in [0.29, 0.717) is 40.8 Å². The second-order valence-corrected chi connectivity index (χ2v) is 11.8. The van der Waals surface area contributed by atoms with Crippen LogP contribution in [0.4, 0.5) is 10.1 Å². The van der Waals surface area contributed by atoms with E-state index in [1.165, 1.54) is 13.2 Å². The lowest BCUT2D eigenvalue weighted by Gasteiger charge is -2.42. The van der Waals surface area contributed by atoms with Crippen molar-refractivity contribution in [2.75, 3.05) is 44.9 Å². The molecule has 7 rings (SSSR count). The van der Waals surface area contributed by atoms with Crippen molar-refractivity contribution in [3.05, 3.63) is 76.5 Å². The Labute approximate surface area is 259 Å². The number of fused-ring (bicyclic) bond motifs is 2. The molecule has 0 N–H and O–H groups in total. The number of piperazine rings is 1. The number of para-hydroxylation sites is 1. The topological polar surface area (TPSA) is 91.2 Å². The van der Waals surface area contributed by atoms with Gasteiger partial charge in [-0.05, 0) is 49.7 Å². The van der Waals surface area contributed by atoms with Crippen LogP contribution in [-0.4, -0.2) is 77.5 Å². The van der Waals surface area contributed by atoms with Crippen molar-refractivity contribution < 1.29 is 28.1 Å². The van der Waals surface area contributed by atoms with Crippen LogP contribution in [0.3, 0.4) is 0 Å². The molecule has 5 heterocycles. The Morgan fingerprint density at radius 2 is 2.02 bits per heavy atom. The highest BCUT2D eigenvalue weighted by molar-refractivity contribution is 6.30. The third kappa shape index (κ3) is 5.44. The van der Waals surface area contributed by atoms with E-state index in [2.05, 4.69) is 26.3 Å². The van der Waals surface area contributed by atoms with Crippen LogP contribution in [0.1, 0.15) is 41.3 Å². The lowest BCUT2D eigenvalue weighted by Crippen LogP contribution is -2.52. The average molecular weight is 622 g/mol. The number of carbonyl (C=O) groups is 1. The molecular formula is C32H33ClFN5O5. The first-order chi connectivity index (χ1) is 21.4. The largest absolute Gasteiger partial charge is 0.485 e. The fourth-order valence-corrected chi connectivity index (χ4v) is 6.24. The van der Waals surface area contributed by atoms with Crippen molar-refractivity contribution in [1.29, 1.82) is 0 Å². The number of ether oxygens (including phenoxy) is 4. The maximum Gasteiger partial charge on any atom is 0.356 e. The number of pyridine rings is 1. The van der Waals surface area contributed by atoms with E-state index >= 15 is 0 Å². The SMILES string of the molecule is COC(=O)c1ccc2nc(CN3CCN(c4cccc5c4OC(c4ccc(Cl)cc4F)CO5)C[C@@H]3C)n(C[C@@H]3CCO3)c2n1. The molecule has 3 atom stereocenters. The van der Waals surface area contributed by atoms with E-state index in [9.17, 15) is 9.18 Å². The third-order valence-corrected chi connectivity index (χ3v) is 8.85. The summed E-state index contributed by atoms with van der Waals surface area (Å²) < 4.78 is 39.9. The summed E-state index contributed by atoms with van der Waals surface area (Å²) in [6.07, 6.45) is 0.491. The molecule has 2 aromatic carbocycles. The fourth-order valence-electron chi connectivity index (χ4n) is 6.09. The van der Waals surface area contributed by atoms with Gasteiger partial charge in [0.15, 0.2) is 28.9 Å². The number of aromatic nitrogens is 3. The standard InChI is InChI=1S/C32H33ClFN5O5/c1-19-15-38(26-4-3-5-27-30(26)44-28(18-43-27)22-7-6-20(33)14-23(22)34)12-11-37(19)17-29-35-24-8-9-25(32(40)41-2)36-31(24)39(29)16-21-10-13-42-21/h3-9,14,19,21,28H,10-13,15-18H2,1-2H3/t19-,21-,28?/m0/s1. The van der Waals surface area contributed by atoms with Crippen LogP contribution in [0.5, 0.6) is 11.5 Å². The molecule has 3 aliphatic rings.